The lowest BCUT2D eigenvalue weighted by atomic mass is 9.82. The van der Waals surface area contributed by atoms with E-state index >= 15 is 0 Å². The van der Waals surface area contributed by atoms with Crippen LogP contribution < -0.4 is 33.5 Å². The molecule has 272 valence electrons. The van der Waals surface area contributed by atoms with Crippen LogP contribution in [0, 0.1) is 11.8 Å². The monoisotopic (exact) mass is 765 g/mol. The van der Waals surface area contributed by atoms with Crippen molar-refractivity contribution < 1.29 is 51.5 Å². The molecule has 0 heterocycles. The van der Waals surface area contributed by atoms with E-state index in [2.05, 4.69) is 39.2 Å². The number of carbonyl (C=O) groups excluding carboxylic acids is 4. The van der Waals surface area contributed by atoms with E-state index in [1.807, 2.05) is 24.3 Å². The fourth-order valence-electron chi connectivity index (χ4n) is 5.71. The third kappa shape index (κ3) is 16.4. The van der Waals surface area contributed by atoms with Gasteiger partial charge >= 0.3 is 12.1 Å². The number of halogens is 2. The van der Waals surface area contributed by atoms with Crippen molar-refractivity contribution >= 4 is 39.9 Å². The lowest BCUT2D eigenvalue weighted by Crippen LogP contribution is -3.00. The van der Waals surface area contributed by atoms with Crippen LogP contribution in [-0.4, -0.2) is 49.7 Å². The highest BCUT2D eigenvalue weighted by atomic mass is 79.9. The summed E-state index contributed by atoms with van der Waals surface area (Å²) in [6.45, 7) is 4.03. The Morgan fingerprint density at radius 3 is 2.31 bits per heavy atom. The lowest BCUT2D eigenvalue weighted by Gasteiger charge is -2.28. The molecule has 0 radical (unpaired) electrons. The van der Waals surface area contributed by atoms with Crippen molar-refractivity contribution in [3.05, 3.63) is 64.1 Å². The van der Waals surface area contributed by atoms with Crippen LogP contribution in [0.4, 0.5) is 4.79 Å². The molecule has 2 aromatic rings. The van der Waals surface area contributed by atoms with E-state index in [9.17, 15) is 19.2 Å². The molecule has 0 unspecified atom stereocenters. The van der Waals surface area contributed by atoms with Gasteiger partial charge in [-0.2, -0.15) is 0 Å². The maximum atomic E-state index is 13.4. The van der Waals surface area contributed by atoms with Gasteiger partial charge in [0.05, 0.1) is 19.1 Å². The first-order valence-corrected chi connectivity index (χ1v) is 18.3. The van der Waals surface area contributed by atoms with Gasteiger partial charge in [0.25, 0.3) is 0 Å². The van der Waals surface area contributed by atoms with Gasteiger partial charge in [-0.25, -0.2) is 4.79 Å². The van der Waals surface area contributed by atoms with Crippen molar-refractivity contribution in [1.82, 2.24) is 10.6 Å². The Labute approximate surface area is 305 Å². The highest BCUT2D eigenvalue weighted by molar-refractivity contribution is 9.10. The van der Waals surface area contributed by atoms with Gasteiger partial charge in [0.15, 0.2) is 0 Å². The number of esters is 1. The molecule has 1 saturated carbocycles. The second-order valence-electron chi connectivity index (χ2n) is 12.6. The second kappa shape index (κ2) is 24.1. The molecule has 0 spiro atoms. The molecule has 10 nitrogen and oxygen atoms in total. The van der Waals surface area contributed by atoms with Gasteiger partial charge in [0, 0.05) is 29.4 Å². The molecule has 0 bridgehead atoms. The first kappa shape index (κ1) is 42.0. The predicted molar refractivity (Wildman–Crippen MR) is 187 cm³/mol. The summed E-state index contributed by atoms with van der Waals surface area (Å²) in [6, 6.07) is 13.5. The van der Waals surface area contributed by atoms with Crippen LogP contribution in [0.3, 0.4) is 0 Å². The van der Waals surface area contributed by atoms with Gasteiger partial charge in [0.1, 0.15) is 18.4 Å². The number of hydrogen-bond donors (Lipinski definition) is 3. The van der Waals surface area contributed by atoms with E-state index in [1.54, 1.807) is 24.3 Å². The zero-order valence-electron chi connectivity index (χ0n) is 28.7. The lowest BCUT2D eigenvalue weighted by molar-refractivity contribution is -0.368. The summed E-state index contributed by atoms with van der Waals surface area (Å²) in [6.07, 6.45) is 9.90. The number of rotatable bonds is 20. The molecule has 49 heavy (non-hydrogen) atoms. The van der Waals surface area contributed by atoms with E-state index in [-0.39, 0.29) is 55.1 Å². The Hall–Kier alpha value is -3.15. The molecule has 12 heteroatoms. The summed E-state index contributed by atoms with van der Waals surface area (Å²) in [4.78, 5) is 50.9. The highest BCUT2D eigenvalue weighted by Gasteiger charge is 2.28. The number of ether oxygens (including phenoxy) is 3. The van der Waals surface area contributed by atoms with E-state index in [0.717, 1.165) is 92.8 Å². The van der Waals surface area contributed by atoms with Crippen molar-refractivity contribution in [3.8, 4) is 5.75 Å². The third-order valence-corrected chi connectivity index (χ3v) is 9.43. The van der Waals surface area contributed by atoms with Crippen LogP contribution in [0.1, 0.15) is 95.1 Å². The van der Waals surface area contributed by atoms with Crippen LogP contribution in [0.5, 0.6) is 5.75 Å². The molecule has 2 aromatic carbocycles. The minimum atomic E-state index is -0.824. The standard InChI is InChI=1S/C37H52BrN3O7.ClH/c1-2-3-4-10-23-46-36(44)29-18-14-28(15-19-29)25-40-35(43)33(41-34(42)13-6-5-9-22-39)24-27-16-20-31(21-17-27)48-37(45)47-26-30-11-7-8-12-32(30)38;/h7-8,11-12,16-17,20-21,28-29,33H,2-6,9-10,13-15,18-19,22-26,39H2,1H3,(H,40,43)(H,41,42);1H/t28?,29?,33-;/m0./s1. The summed E-state index contributed by atoms with van der Waals surface area (Å²) in [5.41, 5.74) is 5.47. The molecule has 1 aliphatic carbocycles. The zero-order chi connectivity index (χ0) is 34.6. The molecule has 0 aliphatic heterocycles. The summed E-state index contributed by atoms with van der Waals surface area (Å²) in [5.74, 6) is -0.00590. The minimum absolute atomic E-state index is 0. The normalized spacial score (nSPS) is 16.1. The Kier molecular flexibility index (Phi) is 20.6. The van der Waals surface area contributed by atoms with E-state index < -0.39 is 12.2 Å². The number of amides is 2. The van der Waals surface area contributed by atoms with Gasteiger partial charge in [0.2, 0.25) is 11.8 Å². The average molecular weight is 767 g/mol. The van der Waals surface area contributed by atoms with Crippen molar-refractivity contribution in [3.63, 3.8) is 0 Å². The second-order valence-corrected chi connectivity index (χ2v) is 13.4. The fourth-order valence-corrected chi connectivity index (χ4v) is 6.11. The predicted octanol–water partition coefficient (Wildman–Crippen LogP) is 3.04. The Morgan fingerprint density at radius 1 is 0.898 bits per heavy atom. The quantitative estimate of drug-likeness (QED) is 0.107. The van der Waals surface area contributed by atoms with Crippen LogP contribution in [0.15, 0.2) is 53.0 Å². The van der Waals surface area contributed by atoms with Crippen LogP contribution in [0.25, 0.3) is 0 Å². The van der Waals surface area contributed by atoms with Crippen molar-refractivity contribution in [1.29, 1.82) is 0 Å². The molecule has 5 N–H and O–H groups in total. The Morgan fingerprint density at radius 2 is 1.61 bits per heavy atom. The number of nitrogens with one attached hydrogen (secondary N) is 2. The highest BCUT2D eigenvalue weighted by Crippen LogP contribution is 2.29. The Bertz CT molecular complexity index is 1290. The van der Waals surface area contributed by atoms with Crippen LogP contribution in [-0.2, 0) is 36.9 Å². The van der Waals surface area contributed by atoms with Crippen LogP contribution in [0.2, 0.25) is 0 Å². The maximum Gasteiger partial charge on any atom is 0.514 e. The average Bonchev–Trinajstić information content (AvgIpc) is 3.09. The number of benzene rings is 2. The van der Waals surface area contributed by atoms with Crippen molar-refractivity contribution in [2.24, 2.45) is 11.8 Å². The largest absolute Gasteiger partial charge is 1.00 e. The van der Waals surface area contributed by atoms with Crippen molar-refractivity contribution in [2.45, 2.75) is 103 Å². The van der Waals surface area contributed by atoms with Crippen molar-refractivity contribution in [2.75, 3.05) is 19.7 Å². The molecule has 1 fully saturated rings. The first-order valence-electron chi connectivity index (χ1n) is 17.5. The fraction of sp³-hybridized carbons (Fsp3) is 0.568. The molecular weight excluding hydrogens is 714 g/mol. The topological polar surface area (TPSA) is 148 Å². The van der Waals surface area contributed by atoms with Gasteiger partial charge in [-0.3, -0.25) is 14.4 Å². The zero-order valence-corrected chi connectivity index (χ0v) is 31.0. The van der Waals surface area contributed by atoms with Crippen LogP contribution >= 0.6 is 15.9 Å². The van der Waals surface area contributed by atoms with E-state index in [1.165, 1.54) is 0 Å². The number of quaternary nitrogens is 1. The molecule has 2 amide bonds. The summed E-state index contributed by atoms with van der Waals surface area (Å²) in [5, 5.41) is 5.98. The van der Waals surface area contributed by atoms with Gasteiger partial charge in [-0.15, -0.1) is 0 Å². The number of unbranched alkanes of at least 4 members (excludes halogenated alkanes) is 5. The van der Waals surface area contributed by atoms with Gasteiger partial charge in [-0.05, 0) is 81.0 Å². The molecule has 1 atom stereocenters. The third-order valence-electron chi connectivity index (χ3n) is 8.66. The smallest absolute Gasteiger partial charge is 0.514 e. The van der Waals surface area contributed by atoms with Gasteiger partial charge < -0.3 is 43.0 Å². The molecule has 1 aliphatic rings. The molecule has 0 aromatic heterocycles. The SMILES string of the molecule is CCCCCCOC(=O)C1CCC(CNC(=O)[C@H](Cc2ccc(OC(=O)OCc3ccccc3Br)cc2)NC(=O)CCCCC[NH3+])CC1.[Cl-]. The molecule has 3 rings (SSSR count). The molecular formula is C37H53BrClN3O7. The minimum Gasteiger partial charge on any atom is -1.00 e. The maximum absolute atomic E-state index is 13.4. The number of hydrogen-bond acceptors (Lipinski definition) is 7. The summed E-state index contributed by atoms with van der Waals surface area (Å²) in [7, 11) is 0. The summed E-state index contributed by atoms with van der Waals surface area (Å²) < 4.78 is 16.9. The Balaban J connectivity index is 0.00000833. The van der Waals surface area contributed by atoms with E-state index in [4.69, 9.17) is 14.2 Å². The summed E-state index contributed by atoms with van der Waals surface area (Å²) >= 11 is 3.43. The first-order chi connectivity index (χ1) is 23.3. The van der Waals surface area contributed by atoms with Gasteiger partial charge in [-0.1, -0.05) is 72.4 Å². The van der Waals surface area contributed by atoms with E-state index in [0.29, 0.717) is 25.3 Å². The number of carbonyl (C=O) groups is 4. The molecule has 0 saturated heterocycles.